The molecule has 2 aromatic carbocycles. The Bertz CT molecular complexity index is 946. The molecule has 1 aliphatic rings. The third-order valence-corrected chi connectivity index (χ3v) is 5.32. The predicted molar refractivity (Wildman–Crippen MR) is 113 cm³/mol. The van der Waals surface area contributed by atoms with Gasteiger partial charge >= 0.3 is 0 Å². The van der Waals surface area contributed by atoms with Crippen molar-refractivity contribution >= 4 is 5.95 Å². The highest BCUT2D eigenvalue weighted by Gasteiger charge is 2.23. The summed E-state index contributed by atoms with van der Waals surface area (Å²) >= 11 is 0. The zero-order chi connectivity index (χ0) is 20.1. The molecule has 6 nitrogen and oxygen atoms in total. The molecule has 6 heteroatoms. The second-order valence-corrected chi connectivity index (χ2v) is 7.40. The summed E-state index contributed by atoms with van der Waals surface area (Å²) in [6.45, 7) is 4.57. The summed E-state index contributed by atoms with van der Waals surface area (Å²) in [5, 5.41) is 8.52. The van der Waals surface area contributed by atoms with Crippen molar-refractivity contribution in [3.63, 3.8) is 0 Å². The van der Waals surface area contributed by atoms with E-state index in [1.54, 1.807) is 13.3 Å². The first-order chi connectivity index (χ1) is 14.2. The van der Waals surface area contributed by atoms with Crippen LogP contribution in [0.1, 0.15) is 18.4 Å². The maximum Gasteiger partial charge on any atom is 0.245 e. The lowest BCUT2D eigenvalue weighted by molar-refractivity contribution is 0.228. The highest BCUT2D eigenvalue weighted by Crippen LogP contribution is 2.25. The van der Waals surface area contributed by atoms with Crippen molar-refractivity contribution < 1.29 is 9.47 Å². The van der Waals surface area contributed by atoms with E-state index in [0.717, 1.165) is 48.7 Å². The van der Waals surface area contributed by atoms with Gasteiger partial charge in [0, 0.05) is 24.6 Å². The number of ether oxygens (including phenoxy) is 2. The lowest BCUT2D eigenvalue weighted by Crippen LogP contribution is -2.38. The van der Waals surface area contributed by atoms with E-state index >= 15 is 0 Å². The molecule has 1 atom stereocenters. The lowest BCUT2D eigenvalue weighted by atomic mass is 9.99. The van der Waals surface area contributed by atoms with E-state index in [-0.39, 0.29) is 0 Å². The summed E-state index contributed by atoms with van der Waals surface area (Å²) in [5.41, 5.74) is 3.15. The maximum atomic E-state index is 6.00. The van der Waals surface area contributed by atoms with Gasteiger partial charge in [0.2, 0.25) is 5.95 Å². The van der Waals surface area contributed by atoms with Gasteiger partial charge < -0.3 is 14.4 Å². The minimum atomic E-state index is 0.427. The third kappa shape index (κ3) is 4.65. The monoisotopic (exact) mass is 390 g/mol. The van der Waals surface area contributed by atoms with Crippen molar-refractivity contribution in [1.82, 2.24) is 15.2 Å². The topological polar surface area (TPSA) is 60.4 Å². The number of hydrogen-bond acceptors (Lipinski definition) is 6. The standard InChI is InChI=1S/C23H26N4O2/c1-17-6-3-4-8-21(17)22-14-24-26-23(25-22)27-13-5-7-18(15-27)16-29-20-11-9-19(28-2)10-12-20/h3-4,6,8-12,14,18H,5,7,13,15-16H2,1-2H3. The van der Waals surface area contributed by atoms with Crippen LogP contribution in [0.25, 0.3) is 11.3 Å². The Morgan fingerprint density at radius 2 is 1.86 bits per heavy atom. The van der Waals surface area contributed by atoms with Crippen molar-refractivity contribution in [1.29, 1.82) is 0 Å². The van der Waals surface area contributed by atoms with Crippen LogP contribution < -0.4 is 14.4 Å². The molecule has 0 radical (unpaired) electrons. The molecule has 29 heavy (non-hydrogen) atoms. The minimum Gasteiger partial charge on any atom is -0.497 e. The van der Waals surface area contributed by atoms with Crippen LogP contribution in [-0.4, -0.2) is 42.0 Å². The van der Waals surface area contributed by atoms with Crippen molar-refractivity contribution in [2.24, 2.45) is 5.92 Å². The fourth-order valence-corrected chi connectivity index (χ4v) is 3.69. The van der Waals surface area contributed by atoms with Crippen molar-refractivity contribution in [2.75, 3.05) is 31.7 Å². The second kappa shape index (κ2) is 8.90. The van der Waals surface area contributed by atoms with E-state index in [2.05, 4.69) is 34.2 Å². The SMILES string of the molecule is COc1ccc(OCC2CCCN(c3nncc(-c4ccccc4C)n3)C2)cc1. The average Bonchev–Trinajstić information content (AvgIpc) is 2.79. The highest BCUT2D eigenvalue weighted by atomic mass is 16.5. The Morgan fingerprint density at radius 1 is 1.07 bits per heavy atom. The molecule has 1 saturated heterocycles. The van der Waals surface area contributed by atoms with E-state index in [9.17, 15) is 0 Å². The molecule has 1 unspecified atom stereocenters. The molecule has 1 aliphatic heterocycles. The van der Waals surface area contributed by atoms with Crippen LogP contribution in [0.5, 0.6) is 11.5 Å². The summed E-state index contributed by atoms with van der Waals surface area (Å²) in [6, 6.07) is 15.9. The molecule has 0 amide bonds. The van der Waals surface area contributed by atoms with E-state index < -0.39 is 0 Å². The molecule has 1 fully saturated rings. The molecule has 1 aromatic heterocycles. The number of rotatable bonds is 6. The van der Waals surface area contributed by atoms with Crippen LogP contribution in [-0.2, 0) is 0 Å². The van der Waals surface area contributed by atoms with Gasteiger partial charge in [-0.05, 0) is 49.6 Å². The quantitative estimate of drug-likeness (QED) is 0.630. The minimum absolute atomic E-state index is 0.427. The summed E-state index contributed by atoms with van der Waals surface area (Å²) in [4.78, 5) is 7.02. The highest BCUT2D eigenvalue weighted by molar-refractivity contribution is 5.63. The van der Waals surface area contributed by atoms with Gasteiger partial charge in [0.25, 0.3) is 0 Å². The molecule has 0 aliphatic carbocycles. The summed E-state index contributed by atoms with van der Waals surface area (Å²) < 4.78 is 11.2. The summed E-state index contributed by atoms with van der Waals surface area (Å²) in [7, 11) is 1.66. The molecule has 0 saturated carbocycles. The van der Waals surface area contributed by atoms with Gasteiger partial charge in [-0.2, -0.15) is 5.10 Å². The van der Waals surface area contributed by atoms with Gasteiger partial charge in [0.05, 0.1) is 25.6 Å². The number of anilines is 1. The first-order valence-corrected chi connectivity index (χ1v) is 10.0. The molecule has 3 aromatic rings. The molecule has 0 spiro atoms. The van der Waals surface area contributed by atoms with E-state index in [0.29, 0.717) is 18.5 Å². The van der Waals surface area contributed by atoms with Crippen LogP contribution >= 0.6 is 0 Å². The van der Waals surface area contributed by atoms with Gasteiger partial charge in [-0.15, -0.1) is 5.10 Å². The molecular weight excluding hydrogens is 364 g/mol. The van der Waals surface area contributed by atoms with E-state index in [4.69, 9.17) is 14.5 Å². The summed E-state index contributed by atoms with van der Waals surface area (Å²) in [5.74, 6) is 2.82. The largest absolute Gasteiger partial charge is 0.497 e. The Kier molecular flexibility index (Phi) is 5.89. The van der Waals surface area contributed by atoms with Crippen LogP contribution in [0, 0.1) is 12.8 Å². The van der Waals surface area contributed by atoms with Crippen molar-refractivity contribution in [3.8, 4) is 22.8 Å². The number of methoxy groups -OCH3 is 1. The van der Waals surface area contributed by atoms with E-state index in [1.165, 1.54) is 5.56 Å². The summed E-state index contributed by atoms with van der Waals surface area (Å²) in [6.07, 6.45) is 3.96. The number of nitrogens with zero attached hydrogens (tertiary/aromatic N) is 4. The first kappa shape index (κ1) is 19.2. The molecule has 0 bridgehead atoms. The smallest absolute Gasteiger partial charge is 0.245 e. The third-order valence-electron chi connectivity index (χ3n) is 5.32. The van der Waals surface area contributed by atoms with E-state index in [1.807, 2.05) is 36.4 Å². The molecule has 150 valence electrons. The van der Waals surface area contributed by atoms with Gasteiger partial charge in [-0.3, -0.25) is 0 Å². The first-order valence-electron chi connectivity index (χ1n) is 10.0. The fourth-order valence-electron chi connectivity index (χ4n) is 3.69. The zero-order valence-corrected chi connectivity index (χ0v) is 16.9. The van der Waals surface area contributed by atoms with Crippen LogP contribution in [0.3, 0.4) is 0 Å². The Balaban J connectivity index is 1.41. The van der Waals surface area contributed by atoms with Gasteiger partial charge in [-0.1, -0.05) is 24.3 Å². The fraction of sp³-hybridized carbons (Fsp3) is 0.348. The Hall–Kier alpha value is -3.15. The molecule has 4 rings (SSSR count). The molecule has 2 heterocycles. The molecule has 0 N–H and O–H groups in total. The Labute approximate surface area is 171 Å². The number of benzene rings is 2. The second-order valence-electron chi connectivity index (χ2n) is 7.40. The van der Waals surface area contributed by atoms with Gasteiger partial charge in [0.15, 0.2) is 0 Å². The van der Waals surface area contributed by atoms with Crippen molar-refractivity contribution in [3.05, 3.63) is 60.3 Å². The van der Waals surface area contributed by atoms with Crippen molar-refractivity contribution in [2.45, 2.75) is 19.8 Å². The number of aromatic nitrogens is 3. The van der Waals surface area contributed by atoms with Crippen LogP contribution in [0.15, 0.2) is 54.7 Å². The average molecular weight is 390 g/mol. The Morgan fingerprint density at radius 3 is 2.66 bits per heavy atom. The van der Waals surface area contributed by atoms with Gasteiger partial charge in [-0.25, -0.2) is 4.98 Å². The lowest BCUT2D eigenvalue weighted by Gasteiger charge is -2.32. The predicted octanol–water partition coefficient (Wildman–Crippen LogP) is 4.15. The van der Waals surface area contributed by atoms with Gasteiger partial charge in [0.1, 0.15) is 11.5 Å². The van der Waals surface area contributed by atoms with Crippen LogP contribution in [0.2, 0.25) is 0 Å². The normalized spacial score (nSPS) is 16.5. The maximum absolute atomic E-state index is 6.00. The number of piperidine rings is 1. The number of hydrogen-bond donors (Lipinski definition) is 0. The number of aryl methyl sites for hydroxylation is 1. The zero-order valence-electron chi connectivity index (χ0n) is 16.9. The van der Waals surface area contributed by atoms with Crippen LogP contribution in [0.4, 0.5) is 5.95 Å². The molecular formula is C23H26N4O2.